The highest BCUT2D eigenvalue weighted by molar-refractivity contribution is 6.05. The molecule has 0 unspecified atom stereocenters. The van der Waals surface area contributed by atoms with Crippen LogP contribution in [-0.2, 0) is 6.54 Å². The Balaban J connectivity index is 1.73. The largest absolute Gasteiger partial charge is 0.393 e. The Labute approximate surface area is 147 Å². The Morgan fingerprint density at radius 3 is 2.68 bits per heavy atom. The number of hydrogen-bond acceptors (Lipinski definition) is 3. The molecule has 1 aliphatic rings. The molecule has 0 saturated carbocycles. The molecule has 0 bridgehead atoms. The Morgan fingerprint density at radius 2 is 1.96 bits per heavy atom. The summed E-state index contributed by atoms with van der Waals surface area (Å²) in [5, 5.41) is 12.6. The summed E-state index contributed by atoms with van der Waals surface area (Å²) in [6.45, 7) is 4.15. The average molecular weight is 342 g/mol. The number of hydrogen-bond donors (Lipinski definition) is 2. The Bertz CT molecular complexity index is 755. The summed E-state index contributed by atoms with van der Waals surface area (Å²) >= 11 is 0. The topological polar surface area (TPSA) is 52.6 Å². The van der Waals surface area contributed by atoms with E-state index in [9.17, 15) is 14.3 Å². The third-order valence-electron chi connectivity index (χ3n) is 4.65. The number of aliphatic hydroxyl groups excluding tert-OH is 1. The molecule has 2 N–H and O–H groups in total. The number of piperidine rings is 1. The van der Waals surface area contributed by atoms with Crippen LogP contribution in [0.3, 0.4) is 0 Å². The van der Waals surface area contributed by atoms with Gasteiger partial charge in [-0.2, -0.15) is 0 Å². The standard InChI is InChI=1S/C20H23FN2O2/c1-14-12-16(21)6-7-18(14)20(25)22-19-5-3-2-4-15(19)13-23-10-8-17(24)9-11-23/h2-7,12,17,24H,8-11,13H2,1H3,(H,22,25). The molecule has 1 fully saturated rings. The van der Waals surface area contributed by atoms with Crippen LogP contribution in [0.5, 0.6) is 0 Å². The molecule has 0 aromatic heterocycles. The van der Waals surface area contributed by atoms with Crippen molar-refractivity contribution in [2.75, 3.05) is 18.4 Å². The maximum Gasteiger partial charge on any atom is 0.255 e. The average Bonchev–Trinajstić information content (AvgIpc) is 2.58. The van der Waals surface area contributed by atoms with E-state index in [0.29, 0.717) is 11.1 Å². The number of nitrogens with one attached hydrogen (secondary N) is 1. The van der Waals surface area contributed by atoms with Gasteiger partial charge in [0.1, 0.15) is 5.82 Å². The number of para-hydroxylation sites is 1. The molecule has 0 atom stereocenters. The lowest BCUT2D eigenvalue weighted by Crippen LogP contribution is -2.35. The summed E-state index contributed by atoms with van der Waals surface area (Å²) in [6, 6.07) is 11.9. The van der Waals surface area contributed by atoms with Gasteiger partial charge in [-0.05, 0) is 55.2 Å². The summed E-state index contributed by atoms with van der Waals surface area (Å²) in [4.78, 5) is 14.8. The molecule has 0 radical (unpaired) electrons. The highest BCUT2D eigenvalue weighted by Gasteiger charge is 2.18. The predicted molar refractivity (Wildman–Crippen MR) is 96.1 cm³/mol. The SMILES string of the molecule is Cc1cc(F)ccc1C(=O)Nc1ccccc1CN1CCC(O)CC1. The van der Waals surface area contributed by atoms with Gasteiger partial charge >= 0.3 is 0 Å². The fraction of sp³-hybridized carbons (Fsp3) is 0.350. The summed E-state index contributed by atoms with van der Waals surface area (Å²) in [7, 11) is 0. The summed E-state index contributed by atoms with van der Waals surface area (Å²) in [5.41, 5.74) is 2.88. The van der Waals surface area contributed by atoms with Gasteiger partial charge < -0.3 is 10.4 Å². The molecule has 0 spiro atoms. The van der Waals surface area contributed by atoms with Crippen LogP contribution in [-0.4, -0.2) is 35.1 Å². The van der Waals surface area contributed by atoms with Crippen molar-refractivity contribution in [1.29, 1.82) is 0 Å². The fourth-order valence-electron chi connectivity index (χ4n) is 3.17. The molecule has 5 heteroatoms. The summed E-state index contributed by atoms with van der Waals surface area (Å²) in [5.74, 6) is -0.583. The number of anilines is 1. The van der Waals surface area contributed by atoms with Gasteiger partial charge in [0.15, 0.2) is 0 Å². The van der Waals surface area contributed by atoms with Crippen molar-refractivity contribution in [2.24, 2.45) is 0 Å². The molecule has 1 heterocycles. The monoisotopic (exact) mass is 342 g/mol. The second kappa shape index (κ2) is 7.76. The first-order chi connectivity index (χ1) is 12.0. The maximum absolute atomic E-state index is 13.2. The zero-order chi connectivity index (χ0) is 17.8. The number of aryl methyl sites for hydroxylation is 1. The van der Waals surface area contributed by atoms with E-state index < -0.39 is 0 Å². The van der Waals surface area contributed by atoms with E-state index in [1.165, 1.54) is 18.2 Å². The first kappa shape index (κ1) is 17.6. The van der Waals surface area contributed by atoms with Crippen LogP contribution in [0.25, 0.3) is 0 Å². The van der Waals surface area contributed by atoms with Crippen molar-refractivity contribution in [1.82, 2.24) is 4.90 Å². The smallest absolute Gasteiger partial charge is 0.255 e. The number of rotatable bonds is 4. The minimum Gasteiger partial charge on any atom is -0.393 e. The minimum atomic E-state index is -0.346. The van der Waals surface area contributed by atoms with Crippen LogP contribution in [0, 0.1) is 12.7 Å². The lowest BCUT2D eigenvalue weighted by Gasteiger charge is -2.30. The van der Waals surface area contributed by atoms with Crippen molar-refractivity contribution in [2.45, 2.75) is 32.4 Å². The lowest BCUT2D eigenvalue weighted by atomic mass is 10.1. The van der Waals surface area contributed by atoms with Gasteiger partial charge in [0.25, 0.3) is 5.91 Å². The van der Waals surface area contributed by atoms with Crippen molar-refractivity contribution >= 4 is 11.6 Å². The van der Waals surface area contributed by atoms with Gasteiger partial charge in [-0.25, -0.2) is 4.39 Å². The molecule has 2 aromatic carbocycles. The van der Waals surface area contributed by atoms with Crippen molar-refractivity contribution in [3.05, 3.63) is 65.0 Å². The third kappa shape index (κ3) is 4.44. The molecule has 1 amide bonds. The van der Waals surface area contributed by atoms with E-state index in [2.05, 4.69) is 10.2 Å². The fourth-order valence-corrected chi connectivity index (χ4v) is 3.17. The molecule has 1 saturated heterocycles. The van der Waals surface area contributed by atoms with Gasteiger partial charge in [0, 0.05) is 30.9 Å². The van der Waals surface area contributed by atoms with E-state index in [1.54, 1.807) is 6.92 Å². The highest BCUT2D eigenvalue weighted by Crippen LogP contribution is 2.21. The van der Waals surface area contributed by atoms with Gasteiger partial charge in [-0.1, -0.05) is 18.2 Å². The third-order valence-corrected chi connectivity index (χ3v) is 4.65. The quantitative estimate of drug-likeness (QED) is 0.896. The van der Waals surface area contributed by atoms with Gasteiger partial charge in [0.2, 0.25) is 0 Å². The Hall–Kier alpha value is -2.24. The summed E-state index contributed by atoms with van der Waals surface area (Å²) < 4.78 is 13.2. The molecule has 2 aromatic rings. The van der Waals surface area contributed by atoms with Crippen molar-refractivity contribution in [3.63, 3.8) is 0 Å². The van der Waals surface area contributed by atoms with Crippen LogP contribution in [0.2, 0.25) is 0 Å². The molecule has 4 nitrogen and oxygen atoms in total. The maximum atomic E-state index is 13.2. The molecule has 132 valence electrons. The van der Waals surface area contributed by atoms with Gasteiger partial charge in [-0.3, -0.25) is 9.69 Å². The van der Waals surface area contributed by atoms with Gasteiger partial charge in [-0.15, -0.1) is 0 Å². The normalized spacial score (nSPS) is 16.0. The minimum absolute atomic E-state index is 0.201. The van der Waals surface area contributed by atoms with Crippen molar-refractivity contribution < 1.29 is 14.3 Å². The number of halogens is 1. The Kier molecular flexibility index (Phi) is 5.46. The number of amides is 1. The highest BCUT2D eigenvalue weighted by atomic mass is 19.1. The van der Waals surface area contributed by atoms with E-state index in [-0.39, 0.29) is 17.8 Å². The molecule has 25 heavy (non-hydrogen) atoms. The van der Waals surface area contributed by atoms with E-state index in [1.807, 2.05) is 24.3 Å². The molecular formula is C20H23FN2O2. The molecular weight excluding hydrogens is 319 g/mol. The Morgan fingerprint density at radius 1 is 1.24 bits per heavy atom. The van der Waals surface area contributed by atoms with Crippen LogP contribution in [0.15, 0.2) is 42.5 Å². The van der Waals surface area contributed by atoms with Crippen LogP contribution in [0.4, 0.5) is 10.1 Å². The van der Waals surface area contributed by atoms with Crippen LogP contribution in [0.1, 0.15) is 34.3 Å². The number of benzene rings is 2. The molecule has 3 rings (SSSR count). The second-order valence-corrected chi connectivity index (χ2v) is 6.58. The van der Waals surface area contributed by atoms with E-state index in [4.69, 9.17) is 0 Å². The number of carbonyl (C=O) groups excluding carboxylic acids is 1. The van der Waals surface area contributed by atoms with Gasteiger partial charge in [0.05, 0.1) is 6.10 Å². The van der Waals surface area contributed by atoms with E-state index in [0.717, 1.165) is 43.7 Å². The second-order valence-electron chi connectivity index (χ2n) is 6.58. The predicted octanol–water partition coefficient (Wildman–Crippen LogP) is 3.34. The van der Waals surface area contributed by atoms with Crippen LogP contribution >= 0.6 is 0 Å². The molecule has 1 aliphatic heterocycles. The lowest BCUT2D eigenvalue weighted by molar-refractivity contribution is 0.0793. The number of aliphatic hydroxyl groups is 1. The first-order valence-electron chi connectivity index (χ1n) is 8.59. The zero-order valence-electron chi connectivity index (χ0n) is 14.3. The number of likely N-dealkylation sites (tertiary alicyclic amines) is 1. The zero-order valence-corrected chi connectivity index (χ0v) is 14.3. The molecule has 0 aliphatic carbocycles. The van der Waals surface area contributed by atoms with Crippen LogP contribution < -0.4 is 5.32 Å². The van der Waals surface area contributed by atoms with E-state index >= 15 is 0 Å². The first-order valence-corrected chi connectivity index (χ1v) is 8.59. The number of nitrogens with zero attached hydrogens (tertiary/aromatic N) is 1. The summed E-state index contributed by atoms with van der Waals surface area (Å²) in [6.07, 6.45) is 1.36. The van der Waals surface area contributed by atoms with Crippen molar-refractivity contribution in [3.8, 4) is 0 Å². The number of carbonyl (C=O) groups is 1.